The average Bonchev–Trinajstić information content (AvgIpc) is 2.92. The highest BCUT2D eigenvalue weighted by molar-refractivity contribution is 7.09. The molecule has 0 unspecified atom stereocenters. The van der Waals surface area contributed by atoms with Crippen LogP contribution >= 0.6 is 22.9 Å². The van der Waals surface area contributed by atoms with Crippen molar-refractivity contribution in [1.29, 1.82) is 0 Å². The molecular formula is C14H12ClNO3S. The van der Waals surface area contributed by atoms with Crippen LogP contribution in [0.15, 0.2) is 35.7 Å². The van der Waals surface area contributed by atoms with Crippen LogP contribution in [0.5, 0.6) is 0 Å². The van der Waals surface area contributed by atoms with Crippen LogP contribution in [0.3, 0.4) is 0 Å². The number of carboxylic acid groups (broad SMARTS) is 1. The number of thiophene rings is 1. The summed E-state index contributed by atoms with van der Waals surface area (Å²) in [5, 5.41) is 13.8. The second kappa shape index (κ2) is 6.54. The third-order valence-electron chi connectivity index (χ3n) is 2.67. The fourth-order valence-electron chi connectivity index (χ4n) is 1.66. The van der Waals surface area contributed by atoms with Crippen LogP contribution in [0.4, 0.5) is 5.69 Å². The van der Waals surface area contributed by atoms with Crippen molar-refractivity contribution in [2.24, 2.45) is 0 Å². The second-order valence-electron chi connectivity index (χ2n) is 4.13. The summed E-state index contributed by atoms with van der Waals surface area (Å²) in [6.07, 6.45) is 0.980. The Labute approximate surface area is 125 Å². The molecule has 0 spiro atoms. The maximum Gasteiger partial charge on any atom is 0.335 e. The molecule has 2 N–H and O–H groups in total. The van der Waals surface area contributed by atoms with Gasteiger partial charge in [0, 0.05) is 11.3 Å². The lowest BCUT2D eigenvalue weighted by Crippen LogP contribution is -2.13. The van der Waals surface area contributed by atoms with Gasteiger partial charge >= 0.3 is 5.97 Å². The molecule has 0 saturated carbocycles. The zero-order valence-electron chi connectivity index (χ0n) is 10.4. The monoisotopic (exact) mass is 309 g/mol. The zero-order valence-corrected chi connectivity index (χ0v) is 12.0. The van der Waals surface area contributed by atoms with Crippen molar-refractivity contribution in [1.82, 2.24) is 0 Å². The number of amides is 1. The number of carbonyl (C=O) groups is 2. The van der Waals surface area contributed by atoms with Crippen LogP contribution in [0.1, 0.15) is 21.7 Å². The lowest BCUT2D eigenvalue weighted by atomic mass is 10.2. The highest BCUT2D eigenvalue weighted by Crippen LogP contribution is 2.23. The van der Waals surface area contributed by atoms with Crippen LogP contribution in [0.2, 0.25) is 5.02 Å². The van der Waals surface area contributed by atoms with E-state index in [0.29, 0.717) is 23.6 Å². The van der Waals surface area contributed by atoms with Crippen molar-refractivity contribution in [3.8, 4) is 0 Å². The highest BCUT2D eigenvalue weighted by Gasteiger charge is 2.10. The molecule has 1 aromatic heterocycles. The number of benzene rings is 1. The molecule has 1 aromatic carbocycles. The van der Waals surface area contributed by atoms with Gasteiger partial charge < -0.3 is 10.4 Å². The molecular weight excluding hydrogens is 298 g/mol. The maximum atomic E-state index is 11.8. The molecule has 0 aliphatic rings. The number of aromatic carboxylic acids is 1. The van der Waals surface area contributed by atoms with Crippen molar-refractivity contribution in [2.45, 2.75) is 12.8 Å². The molecule has 2 aromatic rings. The van der Waals surface area contributed by atoms with Gasteiger partial charge in [0.1, 0.15) is 0 Å². The number of hydrogen-bond acceptors (Lipinski definition) is 3. The molecule has 0 saturated heterocycles. The Morgan fingerprint density at radius 2 is 2.10 bits per heavy atom. The van der Waals surface area contributed by atoms with Crippen LogP contribution < -0.4 is 5.32 Å². The van der Waals surface area contributed by atoms with Gasteiger partial charge in [-0.2, -0.15) is 0 Å². The van der Waals surface area contributed by atoms with E-state index in [0.717, 1.165) is 4.88 Å². The number of rotatable bonds is 5. The molecule has 4 nitrogen and oxygen atoms in total. The van der Waals surface area contributed by atoms with E-state index >= 15 is 0 Å². The number of aryl methyl sites for hydroxylation is 1. The Morgan fingerprint density at radius 3 is 2.75 bits per heavy atom. The molecule has 20 heavy (non-hydrogen) atoms. The Kier molecular flexibility index (Phi) is 4.76. The van der Waals surface area contributed by atoms with Gasteiger partial charge in [-0.25, -0.2) is 4.79 Å². The van der Waals surface area contributed by atoms with E-state index in [1.54, 1.807) is 11.3 Å². The summed E-state index contributed by atoms with van der Waals surface area (Å²) in [7, 11) is 0. The summed E-state index contributed by atoms with van der Waals surface area (Å²) in [5.41, 5.74) is 0.408. The summed E-state index contributed by atoms with van der Waals surface area (Å²) in [6.45, 7) is 0. The van der Waals surface area contributed by atoms with Crippen molar-refractivity contribution in [3.05, 3.63) is 51.2 Å². The minimum absolute atomic E-state index is 0.0861. The summed E-state index contributed by atoms with van der Waals surface area (Å²) in [6, 6.07) is 8.11. The maximum absolute atomic E-state index is 11.8. The third-order valence-corrected chi connectivity index (χ3v) is 3.93. The summed E-state index contributed by atoms with van der Waals surface area (Å²) < 4.78 is 0. The number of nitrogens with one attached hydrogen (secondary N) is 1. The Hall–Kier alpha value is -1.85. The third kappa shape index (κ3) is 3.82. The largest absolute Gasteiger partial charge is 0.478 e. The molecule has 104 valence electrons. The number of carbonyl (C=O) groups excluding carboxylic acids is 1. The normalized spacial score (nSPS) is 10.2. The van der Waals surface area contributed by atoms with Crippen LogP contribution in [0.25, 0.3) is 0 Å². The quantitative estimate of drug-likeness (QED) is 0.885. The smallest absolute Gasteiger partial charge is 0.335 e. The SMILES string of the molecule is O=C(CCc1cccs1)Nc1cc(C(=O)O)ccc1Cl. The topological polar surface area (TPSA) is 66.4 Å². The average molecular weight is 310 g/mol. The predicted octanol–water partition coefficient (Wildman–Crippen LogP) is 3.67. The summed E-state index contributed by atoms with van der Waals surface area (Å²) >= 11 is 7.54. The zero-order chi connectivity index (χ0) is 14.5. The molecule has 0 fully saturated rings. The van der Waals surface area contributed by atoms with E-state index in [1.165, 1.54) is 18.2 Å². The molecule has 2 rings (SSSR count). The van der Waals surface area contributed by atoms with Crippen molar-refractivity contribution < 1.29 is 14.7 Å². The molecule has 0 atom stereocenters. The van der Waals surface area contributed by atoms with Gasteiger partial charge in [0.15, 0.2) is 0 Å². The van der Waals surface area contributed by atoms with Crippen LogP contribution in [0, 0.1) is 0 Å². The minimum atomic E-state index is -1.06. The number of hydrogen-bond donors (Lipinski definition) is 2. The molecule has 1 amide bonds. The van der Waals surface area contributed by atoms with Crippen molar-refractivity contribution >= 4 is 40.5 Å². The predicted molar refractivity (Wildman–Crippen MR) is 79.7 cm³/mol. The van der Waals surface area contributed by atoms with Crippen LogP contribution in [-0.4, -0.2) is 17.0 Å². The fraction of sp³-hybridized carbons (Fsp3) is 0.143. The molecule has 0 aliphatic heterocycles. The van der Waals surface area contributed by atoms with Gasteiger partial charge in [-0.3, -0.25) is 4.79 Å². The summed E-state index contributed by atoms with van der Waals surface area (Å²) in [5.74, 6) is -1.25. The van der Waals surface area contributed by atoms with Gasteiger partial charge in [-0.15, -0.1) is 11.3 Å². The number of halogens is 1. The molecule has 0 aliphatic carbocycles. The van der Waals surface area contributed by atoms with Gasteiger partial charge in [0.25, 0.3) is 0 Å². The van der Waals surface area contributed by atoms with E-state index in [9.17, 15) is 9.59 Å². The van der Waals surface area contributed by atoms with E-state index in [1.807, 2.05) is 17.5 Å². The van der Waals surface area contributed by atoms with Crippen LogP contribution in [-0.2, 0) is 11.2 Å². The molecule has 1 heterocycles. The standard InChI is InChI=1S/C14H12ClNO3S/c15-11-5-3-9(14(18)19)8-12(11)16-13(17)6-4-10-2-1-7-20-10/h1-3,5,7-8H,4,6H2,(H,16,17)(H,18,19). The van der Waals surface area contributed by atoms with Crippen molar-refractivity contribution in [3.63, 3.8) is 0 Å². The van der Waals surface area contributed by atoms with E-state index < -0.39 is 5.97 Å². The lowest BCUT2D eigenvalue weighted by Gasteiger charge is -2.08. The fourth-order valence-corrected chi connectivity index (χ4v) is 2.53. The molecule has 6 heteroatoms. The number of carboxylic acids is 1. The first-order valence-corrected chi connectivity index (χ1v) is 7.17. The van der Waals surface area contributed by atoms with Gasteiger partial charge in [0.2, 0.25) is 5.91 Å². The van der Waals surface area contributed by atoms with Crippen molar-refractivity contribution in [2.75, 3.05) is 5.32 Å². The Balaban J connectivity index is 2.00. The van der Waals surface area contributed by atoms with E-state index in [4.69, 9.17) is 16.7 Å². The van der Waals surface area contributed by atoms with Gasteiger partial charge in [-0.05, 0) is 36.1 Å². The minimum Gasteiger partial charge on any atom is -0.478 e. The molecule has 0 radical (unpaired) electrons. The highest BCUT2D eigenvalue weighted by atomic mass is 35.5. The van der Waals surface area contributed by atoms with E-state index in [-0.39, 0.29) is 11.5 Å². The Bertz CT molecular complexity index is 625. The van der Waals surface area contributed by atoms with Gasteiger partial charge in [-0.1, -0.05) is 17.7 Å². The first-order chi connectivity index (χ1) is 9.56. The van der Waals surface area contributed by atoms with Gasteiger partial charge in [0.05, 0.1) is 16.3 Å². The van der Waals surface area contributed by atoms with E-state index in [2.05, 4.69) is 5.32 Å². The number of anilines is 1. The first kappa shape index (κ1) is 14.6. The second-order valence-corrected chi connectivity index (χ2v) is 5.57. The Morgan fingerprint density at radius 1 is 1.30 bits per heavy atom. The first-order valence-electron chi connectivity index (χ1n) is 5.91. The molecule has 0 bridgehead atoms. The summed E-state index contributed by atoms with van der Waals surface area (Å²) in [4.78, 5) is 23.8. The lowest BCUT2D eigenvalue weighted by molar-refractivity contribution is -0.116.